The molecule has 3 aromatic rings. The number of thiophene rings is 1. The minimum absolute atomic E-state index is 0.0604. The fourth-order valence-electron chi connectivity index (χ4n) is 2.30. The number of nitrogens with one attached hydrogen (secondary N) is 1. The molecule has 2 aromatic heterocycles. The smallest absolute Gasteiger partial charge is 0.304 e. The molecule has 3 N–H and O–H groups in total. The molecule has 0 aliphatic rings. The first-order valence-electron chi connectivity index (χ1n) is 8.77. The number of aryl methyl sites for hydroxylation is 1. The molecule has 0 saturated heterocycles. The van der Waals surface area contributed by atoms with Crippen molar-refractivity contribution >= 4 is 27.3 Å². The minimum atomic E-state index is -4.18. The molecule has 2 heterocycles. The molecule has 8 nitrogen and oxygen atoms in total. The Labute approximate surface area is 173 Å². The van der Waals surface area contributed by atoms with Crippen LogP contribution >= 0.6 is 11.3 Å². The van der Waals surface area contributed by atoms with Crippen molar-refractivity contribution in [2.75, 3.05) is 18.7 Å². The Morgan fingerprint density at radius 1 is 1.21 bits per heavy atom. The maximum atomic E-state index is 11.1. The van der Waals surface area contributed by atoms with Gasteiger partial charge in [0.2, 0.25) is 0 Å². The summed E-state index contributed by atoms with van der Waals surface area (Å²) in [6, 6.07) is 8.48. The van der Waals surface area contributed by atoms with Gasteiger partial charge in [0, 0.05) is 17.7 Å². The third-order valence-electron chi connectivity index (χ3n) is 4.01. The molecule has 10 heteroatoms. The number of hydrogen-bond donors (Lipinski definition) is 3. The number of rotatable bonds is 7. The van der Waals surface area contributed by atoms with E-state index < -0.39 is 10.1 Å². The summed E-state index contributed by atoms with van der Waals surface area (Å²) in [6.45, 7) is 6.90. The van der Waals surface area contributed by atoms with Gasteiger partial charge in [-0.25, -0.2) is 0 Å². The number of aliphatic hydroxyl groups excluding tert-OH is 1. The van der Waals surface area contributed by atoms with Crippen molar-refractivity contribution in [2.45, 2.75) is 31.6 Å². The summed E-state index contributed by atoms with van der Waals surface area (Å²) in [7, 11) is -4.18. The topological polar surface area (TPSA) is 122 Å². The molecule has 0 radical (unpaired) electrons. The van der Waals surface area contributed by atoms with E-state index in [0.717, 1.165) is 34.0 Å². The summed E-state index contributed by atoms with van der Waals surface area (Å²) >= 11 is 0.974. The Hall–Kier alpha value is -2.24. The van der Waals surface area contributed by atoms with Gasteiger partial charge in [-0.1, -0.05) is 29.4 Å². The van der Waals surface area contributed by atoms with E-state index in [9.17, 15) is 8.42 Å². The number of nitrogens with zero attached hydrogens (tertiary/aromatic N) is 1. The second-order valence-electron chi connectivity index (χ2n) is 5.98. The van der Waals surface area contributed by atoms with E-state index in [-0.39, 0.29) is 10.8 Å². The lowest BCUT2D eigenvalue weighted by molar-refractivity contribution is 0.166. The molecule has 0 atom stereocenters. The van der Waals surface area contributed by atoms with E-state index in [1.807, 2.05) is 20.8 Å². The maximum absolute atomic E-state index is 11.1. The van der Waals surface area contributed by atoms with Crippen molar-refractivity contribution < 1.29 is 27.3 Å². The Bertz CT molecular complexity index is 1010. The molecule has 29 heavy (non-hydrogen) atoms. The van der Waals surface area contributed by atoms with Gasteiger partial charge < -0.3 is 19.7 Å². The van der Waals surface area contributed by atoms with Gasteiger partial charge in [0.15, 0.2) is 10.0 Å². The first-order valence-corrected chi connectivity index (χ1v) is 11.1. The molecule has 0 spiro atoms. The summed E-state index contributed by atoms with van der Waals surface area (Å²) in [5.41, 5.74) is 2.95. The van der Waals surface area contributed by atoms with Crippen LogP contribution in [0.2, 0.25) is 0 Å². The Morgan fingerprint density at radius 3 is 2.41 bits per heavy atom. The molecule has 0 fully saturated rings. The van der Waals surface area contributed by atoms with Gasteiger partial charge in [-0.15, -0.1) is 11.3 Å². The van der Waals surface area contributed by atoms with Crippen LogP contribution in [-0.2, 0) is 21.5 Å². The maximum Gasteiger partial charge on any atom is 0.304 e. The zero-order chi connectivity index (χ0) is 21.4. The Morgan fingerprint density at radius 2 is 1.90 bits per heavy atom. The quantitative estimate of drug-likeness (QED) is 0.288. The highest BCUT2D eigenvalue weighted by Gasteiger charge is 2.18. The predicted molar refractivity (Wildman–Crippen MR) is 112 cm³/mol. The van der Waals surface area contributed by atoms with Crippen molar-refractivity contribution in [2.24, 2.45) is 0 Å². The SMILES string of the molecule is CCOCNc1noc(C)c1C.O=S(=O)(O)c1sccc1-c1ccc(CO)cc1. The van der Waals surface area contributed by atoms with Crippen molar-refractivity contribution in [3.05, 3.63) is 52.6 Å². The average Bonchev–Trinajstić information content (AvgIpc) is 3.31. The summed E-state index contributed by atoms with van der Waals surface area (Å²) < 4.78 is 41.3. The molecule has 0 amide bonds. The average molecular weight is 441 g/mol. The first-order chi connectivity index (χ1) is 13.8. The Kier molecular flexibility index (Phi) is 8.35. The van der Waals surface area contributed by atoms with E-state index in [0.29, 0.717) is 24.5 Å². The predicted octanol–water partition coefficient (Wildman–Crippen LogP) is 3.85. The highest BCUT2D eigenvalue weighted by atomic mass is 32.3. The summed E-state index contributed by atoms with van der Waals surface area (Å²) in [5.74, 6) is 1.61. The zero-order valence-corrected chi connectivity index (χ0v) is 18.0. The highest BCUT2D eigenvalue weighted by Crippen LogP contribution is 2.32. The van der Waals surface area contributed by atoms with Gasteiger partial charge in [0.05, 0.1) is 6.61 Å². The molecular weight excluding hydrogens is 416 g/mol. The van der Waals surface area contributed by atoms with Crippen molar-refractivity contribution in [3.8, 4) is 11.1 Å². The van der Waals surface area contributed by atoms with Gasteiger partial charge in [0.25, 0.3) is 0 Å². The van der Waals surface area contributed by atoms with Crippen molar-refractivity contribution in [1.82, 2.24) is 5.16 Å². The molecule has 0 aliphatic heterocycles. The van der Waals surface area contributed by atoms with Gasteiger partial charge in [-0.05, 0) is 43.3 Å². The normalized spacial score (nSPS) is 11.1. The van der Waals surface area contributed by atoms with E-state index in [4.69, 9.17) is 18.9 Å². The number of benzene rings is 1. The lowest BCUT2D eigenvalue weighted by Crippen LogP contribution is -2.06. The first kappa shape index (κ1) is 23.0. The van der Waals surface area contributed by atoms with Crippen LogP contribution in [-0.4, -0.2) is 36.6 Å². The molecule has 3 rings (SSSR count). The highest BCUT2D eigenvalue weighted by molar-refractivity contribution is 7.88. The second kappa shape index (κ2) is 10.5. The standard InChI is InChI=1S/C11H10O4S2.C8H14N2O2/c12-7-8-1-3-9(4-2-8)10-5-6-16-11(10)17(13,14)15;1-4-11-5-9-8-6(2)7(3)12-10-8/h1-6,12H,7H2,(H,13,14,15);4-5H2,1-3H3,(H,9,10). The number of aromatic nitrogens is 1. The van der Waals surface area contributed by atoms with E-state index in [2.05, 4.69) is 10.5 Å². The van der Waals surface area contributed by atoms with Crippen LogP contribution in [0.15, 0.2) is 44.4 Å². The van der Waals surface area contributed by atoms with Crippen LogP contribution in [0.3, 0.4) is 0 Å². The van der Waals surface area contributed by atoms with Crippen molar-refractivity contribution in [1.29, 1.82) is 0 Å². The van der Waals surface area contributed by atoms with Crippen LogP contribution in [0.25, 0.3) is 11.1 Å². The van der Waals surface area contributed by atoms with E-state index >= 15 is 0 Å². The van der Waals surface area contributed by atoms with Gasteiger partial charge in [0.1, 0.15) is 12.5 Å². The lowest BCUT2D eigenvalue weighted by Gasteiger charge is -2.02. The van der Waals surface area contributed by atoms with Crippen LogP contribution in [0.1, 0.15) is 23.8 Å². The van der Waals surface area contributed by atoms with Crippen LogP contribution < -0.4 is 5.32 Å². The van der Waals surface area contributed by atoms with E-state index in [1.165, 1.54) is 0 Å². The van der Waals surface area contributed by atoms with Crippen LogP contribution in [0.4, 0.5) is 5.82 Å². The van der Waals surface area contributed by atoms with E-state index in [1.54, 1.807) is 35.7 Å². The number of ether oxygens (including phenoxy) is 1. The van der Waals surface area contributed by atoms with Gasteiger partial charge >= 0.3 is 10.1 Å². The molecule has 1 aromatic carbocycles. The zero-order valence-electron chi connectivity index (χ0n) is 16.4. The fraction of sp³-hybridized carbons (Fsp3) is 0.316. The van der Waals surface area contributed by atoms with Gasteiger partial charge in [-0.3, -0.25) is 4.55 Å². The third kappa shape index (κ3) is 6.38. The van der Waals surface area contributed by atoms with Gasteiger partial charge in [-0.2, -0.15) is 8.42 Å². The second-order valence-corrected chi connectivity index (χ2v) is 8.51. The molecule has 0 unspecified atom stereocenters. The van der Waals surface area contributed by atoms with Crippen LogP contribution in [0, 0.1) is 13.8 Å². The van der Waals surface area contributed by atoms with Crippen LogP contribution in [0.5, 0.6) is 0 Å². The molecule has 0 aliphatic carbocycles. The summed E-state index contributed by atoms with van der Waals surface area (Å²) in [6.07, 6.45) is 0. The van der Waals surface area contributed by atoms with Crippen molar-refractivity contribution in [3.63, 3.8) is 0 Å². The lowest BCUT2D eigenvalue weighted by atomic mass is 10.1. The minimum Gasteiger partial charge on any atom is -0.392 e. The summed E-state index contributed by atoms with van der Waals surface area (Å²) in [5, 5.41) is 17.3. The number of hydrogen-bond acceptors (Lipinski definition) is 8. The molecular formula is C19H24N2O6S2. The number of aliphatic hydroxyl groups is 1. The third-order valence-corrected chi connectivity index (χ3v) is 6.33. The molecule has 0 bridgehead atoms. The number of anilines is 1. The molecule has 0 saturated carbocycles. The monoisotopic (exact) mass is 440 g/mol. The largest absolute Gasteiger partial charge is 0.392 e. The Balaban J connectivity index is 0.000000221. The fourth-order valence-corrected chi connectivity index (χ4v) is 4.06. The molecule has 158 valence electrons. The summed E-state index contributed by atoms with van der Waals surface area (Å²) in [4.78, 5) is 0.